The molecule has 3 amide bonds. The highest BCUT2D eigenvalue weighted by Crippen LogP contribution is 2.37. The molecule has 0 aromatic heterocycles. The van der Waals surface area contributed by atoms with E-state index in [0.29, 0.717) is 24.1 Å². The van der Waals surface area contributed by atoms with Gasteiger partial charge in [-0.3, -0.25) is 24.1 Å². The molecule has 2 fully saturated rings. The Labute approximate surface area is 162 Å². The Morgan fingerprint density at radius 2 is 1.89 bits per heavy atom. The van der Waals surface area contributed by atoms with E-state index < -0.39 is 24.5 Å². The molecule has 1 aromatic rings. The van der Waals surface area contributed by atoms with Crippen molar-refractivity contribution in [2.75, 3.05) is 11.9 Å². The summed E-state index contributed by atoms with van der Waals surface area (Å²) in [5.74, 6) is -2.69. The van der Waals surface area contributed by atoms with Crippen LogP contribution in [-0.2, 0) is 23.9 Å². The normalized spacial score (nSPS) is 22.2. The van der Waals surface area contributed by atoms with Crippen molar-refractivity contribution in [2.45, 2.75) is 38.7 Å². The number of benzene rings is 1. The molecule has 0 unspecified atom stereocenters. The Kier molecular flexibility index (Phi) is 5.73. The summed E-state index contributed by atoms with van der Waals surface area (Å²) in [7, 11) is 0. The molecule has 28 heavy (non-hydrogen) atoms. The summed E-state index contributed by atoms with van der Waals surface area (Å²) in [4.78, 5) is 50.1. The first kappa shape index (κ1) is 19.5. The number of nitrogens with zero attached hydrogens (tertiary/aromatic N) is 2. The van der Waals surface area contributed by atoms with Crippen molar-refractivity contribution in [3.63, 3.8) is 0 Å². The van der Waals surface area contributed by atoms with Gasteiger partial charge >= 0.3 is 5.97 Å². The van der Waals surface area contributed by atoms with Crippen LogP contribution >= 0.6 is 0 Å². The Hall–Kier alpha value is -3.21. The lowest BCUT2D eigenvalue weighted by atomic mass is 9.81. The monoisotopic (exact) mass is 383 g/mol. The zero-order chi connectivity index (χ0) is 20.3. The Bertz CT molecular complexity index is 836. The zero-order valence-corrected chi connectivity index (χ0v) is 15.5. The summed E-state index contributed by atoms with van der Waals surface area (Å²) < 4.78 is 5.09. The molecule has 3 rings (SSSR count). The summed E-state index contributed by atoms with van der Waals surface area (Å²) in [6.45, 7) is 0.918. The fourth-order valence-electron chi connectivity index (χ4n) is 3.71. The molecule has 0 spiro atoms. The molecule has 146 valence electrons. The maximum absolute atomic E-state index is 12.4. The molecule has 1 N–H and O–H groups in total. The van der Waals surface area contributed by atoms with Crippen LogP contribution in [-0.4, -0.2) is 41.2 Å². The number of carbonyl (C=O) groups excluding carboxylic acids is 4. The molecule has 0 radical (unpaired) electrons. The molecule has 1 aromatic carbocycles. The van der Waals surface area contributed by atoms with E-state index in [2.05, 4.69) is 5.32 Å². The van der Waals surface area contributed by atoms with Crippen molar-refractivity contribution in [1.29, 1.82) is 5.26 Å². The second kappa shape index (κ2) is 8.21. The van der Waals surface area contributed by atoms with Crippen LogP contribution in [0.3, 0.4) is 0 Å². The highest BCUT2D eigenvalue weighted by Gasteiger charge is 2.48. The van der Waals surface area contributed by atoms with Crippen LogP contribution in [0.5, 0.6) is 0 Å². The number of amides is 3. The number of likely N-dealkylation sites (tertiary alicyclic amines) is 1. The van der Waals surface area contributed by atoms with Crippen molar-refractivity contribution in [3.05, 3.63) is 29.8 Å². The van der Waals surface area contributed by atoms with Gasteiger partial charge in [0.05, 0.1) is 23.5 Å². The van der Waals surface area contributed by atoms with Crippen molar-refractivity contribution in [2.24, 2.45) is 11.8 Å². The number of ether oxygens (including phenoxy) is 1. The van der Waals surface area contributed by atoms with Gasteiger partial charge in [0.15, 0.2) is 6.10 Å². The average Bonchev–Trinajstić information content (AvgIpc) is 2.93. The fourth-order valence-corrected chi connectivity index (χ4v) is 3.71. The number of imide groups is 1. The van der Waals surface area contributed by atoms with Crippen LogP contribution in [0.4, 0.5) is 5.69 Å². The SMILES string of the molecule is C[C@@H](OC(=O)CN1C(=O)[C@H]2CCCC[C@@H]2C1=O)C(=O)Nc1cccc(C#N)c1. The van der Waals surface area contributed by atoms with Crippen LogP contribution in [0.25, 0.3) is 0 Å². The van der Waals surface area contributed by atoms with Gasteiger partial charge in [0.1, 0.15) is 6.54 Å². The number of hydrogen-bond donors (Lipinski definition) is 1. The zero-order valence-electron chi connectivity index (χ0n) is 15.5. The number of hydrogen-bond acceptors (Lipinski definition) is 6. The number of nitrogens with one attached hydrogen (secondary N) is 1. The van der Waals surface area contributed by atoms with Crippen LogP contribution in [0.2, 0.25) is 0 Å². The molecule has 1 aliphatic carbocycles. The third-order valence-electron chi connectivity index (χ3n) is 5.16. The summed E-state index contributed by atoms with van der Waals surface area (Å²) in [6, 6.07) is 8.29. The van der Waals surface area contributed by atoms with Crippen LogP contribution < -0.4 is 5.32 Å². The van der Waals surface area contributed by atoms with E-state index in [1.165, 1.54) is 13.0 Å². The molecule has 1 saturated carbocycles. The molecule has 2 aliphatic rings. The minimum Gasteiger partial charge on any atom is -0.451 e. The molecule has 1 heterocycles. The molecular formula is C20H21N3O5. The lowest BCUT2D eigenvalue weighted by molar-refractivity contribution is -0.158. The molecule has 8 nitrogen and oxygen atoms in total. The quantitative estimate of drug-likeness (QED) is 0.610. The maximum Gasteiger partial charge on any atom is 0.326 e. The number of fused-ring (bicyclic) bond motifs is 1. The van der Waals surface area contributed by atoms with Gasteiger partial charge < -0.3 is 10.1 Å². The Balaban J connectivity index is 1.55. The minimum absolute atomic E-state index is 0.322. The first-order valence-corrected chi connectivity index (χ1v) is 9.26. The predicted octanol–water partition coefficient (Wildman–Crippen LogP) is 1.60. The van der Waals surface area contributed by atoms with Gasteiger partial charge in [-0.15, -0.1) is 0 Å². The second-order valence-electron chi connectivity index (χ2n) is 7.07. The van der Waals surface area contributed by atoms with Gasteiger partial charge in [-0.25, -0.2) is 0 Å². The number of rotatable bonds is 5. The topological polar surface area (TPSA) is 117 Å². The number of anilines is 1. The molecule has 0 bridgehead atoms. The average molecular weight is 383 g/mol. The van der Waals surface area contributed by atoms with Crippen LogP contribution in [0.1, 0.15) is 38.2 Å². The largest absolute Gasteiger partial charge is 0.451 e. The Morgan fingerprint density at radius 1 is 1.25 bits per heavy atom. The lowest BCUT2D eigenvalue weighted by Gasteiger charge is -2.19. The van der Waals surface area contributed by atoms with Gasteiger partial charge in [-0.05, 0) is 38.0 Å². The molecular weight excluding hydrogens is 362 g/mol. The van der Waals surface area contributed by atoms with Crippen molar-refractivity contribution < 1.29 is 23.9 Å². The van der Waals surface area contributed by atoms with Gasteiger partial charge in [-0.2, -0.15) is 5.26 Å². The molecule has 1 aliphatic heterocycles. The number of nitriles is 1. The molecule has 8 heteroatoms. The number of esters is 1. The first-order valence-electron chi connectivity index (χ1n) is 9.26. The predicted molar refractivity (Wildman–Crippen MR) is 97.5 cm³/mol. The van der Waals surface area contributed by atoms with E-state index in [9.17, 15) is 19.2 Å². The van der Waals surface area contributed by atoms with Gasteiger partial charge in [-0.1, -0.05) is 18.9 Å². The number of carbonyl (C=O) groups is 4. The van der Waals surface area contributed by atoms with Crippen molar-refractivity contribution in [1.82, 2.24) is 4.90 Å². The smallest absolute Gasteiger partial charge is 0.326 e. The van der Waals surface area contributed by atoms with E-state index >= 15 is 0 Å². The summed E-state index contributed by atoms with van der Waals surface area (Å²) in [5, 5.41) is 11.4. The lowest BCUT2D eigenvalue weighted by Crippen LogP contribution is -2.39. The van der Waals surface area contributed by atoms with Gasteiger partial charge in [0.2, 0.25) is 11.8 Å². The molecule has 1 saturated heterocycles. The molecule has 3 atom stereocenters. The summed E-state index contributed by atoms with van der Waals surface area (Å²) in [6.07, 6.45) is 2.03. The van der Waals surface area contributed by atoms with E-state index in [0.717, 1.165) is 17.7 Å². The highest BCUT2D eigenvalue weighted by atomic mass is 16.5. The van der Waals surface area contributed by atoms with Crippen LogP contribution in [0, 0.1) is 23.2 Å². The third-order valence-corrected chi connectivity index (χ3v) is 5.16. The maximum atomic E-state index is 12.4. The van der Waals surface area contributed by atoms with Crippen molar-refractivity contribution in [3.8, 4) is 6.07 Å². The minimum atomic E-state index is -1.12. The van der Waals surface area contributed by atoms with Gasteiger partial charge in [0, 0.05) is 5.69 Å². The van der Waals surface area contributed by atoms with E-state index in [1.54, 1.807) is 18.2 Å². The third kappa shape index (κ3) is 4.03. The fraction of sp³-hybridized carbons (Fsp3) is 0.450. The Morgan fingerprint density at radius 3 is 2.50 bits per heavy atom. The van der Waals surface area contributed by atoms with E-state index in [-0.39, 0.29) is 23.7 Å². The van der Waals surface area contributed by atoms with Crippen molar-refractivity contribution >= 4 is 29.4 Å². The standard InChI is InChI=1S/C20H21N3O5/c1-12(18(25)22-14-6-4-5-13(9-14)10-21)28-17(24)11-23-19(26)15-7-2-3-8-16(15)20(23)27/h4-6,9,12,15-16H,2-3,7-8,11H2,1H3,(H,22,25)/t12-,15+,16+/m1/s1. The van der Waals surface area contributed by atoms with E-state index in [1.807, 2.05) is 6.07 Å². The van der Waals surface area contributed by atoms with Crippen LogP contribution in [0.15, 0.2) is 24.3 Å². The second-order valence-corrected chi connectivity index (χ2v) is 7.07. The van der Waals surface area contributed by atoms with E-state index in [4.69, 9.17) is 10.00 Å². The summed E-state index contributed by atoms with van der Waals surface area (Å²) >= 11 is 0. The van der Waals surface area contributed by atoms with Gasteiger partial charge in [0.25, 0.3) is 5.91 Å². The summed E-state index contributed by atoms with van der Waals surface area (Å²) in [5.41, 5.74) is 0.788. The highest BCUT2D eigenvalue weighted by molar-refractivity contribution is 6.07. The first-order chi connectivity index (χ1) is 13.4.